The summed E-state index contributed by atoms with van der Waals surface area (Å²) < 4.78 is 0. The zero-order valence-corrected chi connectivity index (χ0v) is 11.7. The Hall–Kier alpha value is -0.240. The maximum atomic E-state index is 9.41. The fourth-order valence-electron chi connectivity index (χ4n) is 2.00. The Morgan fingerprint density at radius 3 is 2.41 bits per heavy atom. The van der Waals surface area contributed by atoms with Crippen LogP contribution in [0.1, 0.15) is 18.9 Å². The van der Waals surface area contributed by atoms with E-state index < -0.39 is 0 Å². The second kappa shape index (κ2) is 7.97. The van der Waals surface area contributed by atoms with E-state index in [1.165, 1.54) is 5.56 Å². The first-order chi connectivity index (χ1) is 8.17. The molecule has 3 heteroatoms. The van der Waals surface area contributed by atoms with Crippen molar-refractivity contribution in [3.63, 3.8) is 0 Å². The molecule has 0 aromatic heterocycles. The molecule has 0 saturated heterocycles. The molecule has 17 heavy (non-hydrogen) atoms. The van der Waals surface area contributed by atoms with Crippen LogP contribution in [0, 0.1) is 11.8 Å². The smallest absolute Gasteiger partial charge is 0.0497 e. The number of benzene rings is 1. The van der Waals surface area contributed by atoms with Crippen LogP contribution < -0.4 is 0 Å². The zero-order valence-electron chi connectivity index (χ0n) is 10.2. The van der Waals surface area contributed by atoms with Crippen LogP contribution in [0.25, 0.3) is 0 Å². The van der Waals surface area contributed by atoms with Crippen molar-refractivity contribution < 1.29 is 5.11 Å². The number of aliphatic hydroxyl groups excluding tert-OH is 1. The first-order valence-electron chi connectivity index (χ1n) is 6.02. The molecular formula is C14H20Cl2O. The van der Waals surface area contributed by atoms with Gasteiger partial charge in [0.2, 0.25) is 0 Å². The first kappa shape index (κ1) is 14.8. The number of aliphatic hydroxyl groups is 1. The third-order valence-electron chi connectivity index (χ3n) is 3.10. The van der Waals surface area contributed by atoms with Gasteiger partial charge in [-0.15, -0.1) is 23.2 Å². The lowest BCUT2D eigenvalue weighted by atomic mass is 9.89. The molecule has 96 valence electrons. The van der Waals surface area contributed by atoms with E-state index in [-0.39, 0.29) is 17.9 Å². The van der Waals surface area contributed by atoms with Gasteiger partial charge in [0.15, 0.2) is 0 Å². The van der Waals surface area contributed by atoms with Crippen molar-refractivity contribution in [2.75, 3.05) is 12.5 Å². The predicted octanol–water partition coefficient (Wildman–Crippen LogP) is 3.71. The number of hydrogen-bond acceptors (Lipinski definition) is 1. The Labute approximate surface area is 114 Å². The van der Waals surface area contributed by atoms with Gasteiger partial charge < -0.3 is 5.11 Å². The van der Waals surface area contributed by atoms with Gasteiger partial charge in [-0.2, -0.15) is 0 Å². The second-order valence-electron chi connectivity index (χ2n) is 4.62. The van der Waals surface area contributed by atoms with Crippen LogP contribution in [0.4, 0.5) is 0 Å². The molecule has 3 atom stereocenters. The SMILES string of the molecule is C[C@@H](C[C@@H](CO)Cc1ccccc1)[C@@H](Cl)CCl. The summed E-state index contributed by atoms with van der Waals surface area (Å²) in [7, 11) is 0. The summed E-state index contributed by atoms with van der Waals surface area (Å²) in [6, 6.07) is 10.2. The standard InChI is InChI=1S/C14H20Cl2O/c1-11(14(16)9-15)7-13(10-17)8-12-5-3-2-4-6-12/h2-6,11,13-14,17H,7-10H2,1H3/t11-,13+,14-/m0/s1. The number of rotatable bonds is 7. The van der Waals surface area contributed by atoms with E-state index >= 15 is 0 Å². The molecule has 0 aliphatic rings. The maximum Gasteiger partial charge on any atom is 0.0497 e. The van der Waals surface area contributed by atoms with Crippen molar-refractivity contribution in [3.8, 4) is 0 Å². The molecule has 0 aliphatic heterocycles. The molecule has 0 unspecified atom stereocenters. The molecule has 0 spiro atoms. The number of alkyl halides is 2. The lowest BCUT2D eigenvalue weighted by Crippen LogP contribution is -2.20. The molecule has 0 saturated carbocycles. The van der Waals surface area contributed by atoms with Crippen molar-refractivity contribution in [1.29, 1.82) is 0 Å². The fraction of sp³-hybridized carbons (Fsp3) is 0.571. The lowest BCUT2D eigenvalue weighted by Gasteiger charge is -2.21. The minimum absolute atomic E-state index is 0.0125. The van der Waals surface area contributed by atoms with Crippen LogP contribution in [-0.2, 0) is 6.42 Å². The Balaban J connectivity index is 2.49. The molecule has 0 aliphatic carbocycles. The highest BCUT2D eigenvalue weighted by atomic mass is 35.5. The molecular weight excluding hydrogens is 255 g/mol. The van der Waals surface area contributed by atoms with Crippen LogP contribution in [-0.4, -0.2) is 23.0 Å². The van der Waals surface area contributed by atoms with Crippen LogP contribution in [0.3, 0.4) is 0 Å². The normalized spacial score (nSPS) is 16.5. The van der Waals surface area contributed by atoms with Gasteiger partial charge >= 0.3 is 0 Å². The second-order valence-corrected chi connectivity index (χ2v) is 5.49. The average Bonchev–Trinajstić information content (AvgIpc) is 2.38. The third kappa shape index (κ3) is 5.29. The van der Waals surface area contributed by atoms with Crippen LogP contribution >= 0.6 is 23.2 Å². The summed E-state index contributed by atoms with van der Waals surface area (Å²) in [5.74, 6) is 1.05. The Morgan fingerprint density at radius 2 is 1.88 bits per heavy atom. The Kier molecular flexibility index (Phi) is 6.94. The van der Waals surface area contributed by atoms with Gasteiger partial charge in [-0.05, 0) is 30.2 Å². The number of halogens is 2. The van der Waals surface area contributed by atoms with Gasteiger partial charge in [0.05, 0.1) is 0 Å². The fourth-order valence-corrected chi connectivity index (χ4v) is 2.40. The first-order valence-corrected chi connectivity index (χ1v) is 6.99. The molecule has 1 aromatic carbocycles. The van der Waals surface area contributed by atoms with Crippen LogP contribution in [0.5, 0.6) is 0 Å². The molecule has 1 aromatic rings. The van der Waals surface area contributed by atoms with Gasteiger partial charge in [-0.3, -0.25) is 0 Å². The lowest BCUT2D eigenvalue weighted by molar-refractivity contribution is 0.202. The largest absolute Gasteiger partial charge is 0.396 e. The highest BCUT2D eigenvalue weighted by Crippen LogP contribution is 2.23. The third-order valence-corrected chi connectivity index (χ3v) is 4.17. The highest BCUT2D eigenvalue weighted by Gasteiger charge is 2.18. The predicted molar refractivity (Wildman–Crippen MR) is 74.9 cm³/mol. The van der Waals surface area contributed by atoms with Crippen LogP contribution in [0.2, 0.25) is 0 Å². The van der Waals surface area contributed by atoms with Gasteiger partial charge in [0.25, 0.3) is 0 Å². The summed E-state index contributed by atoms with van der Waals surface area (Å²) in [6.07, 6.45) is 1.81. The summed E-state index contributed by atoms with van der Waals surface area (Å²) in [5, 5.41) is 9.40. The van der Waals surface area contributed by atoms with Crippen molar-refractivity contribution in [1.82, 2.24) is 0 Å². The minimum atomic E-state index is -0.0125. The summed E-state index contributed by atoms with van der Waals surface area (Å²) in [4.78, 5) is 0. The van der Waals surface area contributed by atoms with Crippen molar-refractivity contribution in [2.24, 2.45) is 11.8 Å². The van der Waals surface area contributed by atoms with E-state index in [0.29, 0.717) is 11.8 Å². The summed E-state index contributed by atoms with van der Waals surface area (Å²) in [5.41, 5.74) is 1.26. The van der Waals surface area contributed by atoms with E-state index in [0.717, 1.165) is 12.8 Å². The van der Waals surface area contributed by atoms with E-state index in [1.54, 1.807) is 0 Å². The van der Waals surface area contributed by atoms with Crippen LogP contribution in [0.15, 0.2) is 30.3 Å². The van der Waals surface area contributed by atoms with E-state index in [4.69, 9.17) is 23.2 Å². The number of hydrogen-bond donors (Lipinski definition) is 1. The van der Waals surface area contributed by atoms with E-state index in [9.17, 15) is 5.11 Å². The molecule has 1 nitrogen and oxygen atoms in total. The van der Waals surface area contributed by atoms with Crippen molar-refractivity contribution in [2.45, 2.75) is 25.1 Å². The van der Waals surface area contributed by atoms with Crippen molar-refractivity contribution in [3.05, 3.63) is 35.9 Å². The Bertz CT molecular complexity index is 302. The van der Waals surface area contributed by atoms with E-state index in [1.807, 2.05) is 18.2 Å². The highest BCUT2D eigenvalue weighted by molar-refractivity contribution is 6.28. The topological polar surface area (TPSA) is 20.2 Å². The minimum Gasteiger partial charge on any atom is -0.396 e. The van der Waals surface area contributed by atoms with Gasteiger partial charge in [0, 0.05) is 17.9 Å². The quantitative estimate of drug-likeness (QED) is 0.752. The van der Waals surface area contributed by atoms with Gasteiger partial charge in [0.1, 0.15) is 0 Å². The van der Waals surface area contributed by atoms with Gasteiger partial charge in [-0.1, -0.05) is 37.3 Å². The zero-order chi connectivity index (χ0) is 12.7. The molecule has 0 fully saturated rings. The maximum absolute atomic E-state index is 9.41. The molecule has 0 radical (unpaired) electrons. The summed E-state index contributed by atoms with van der Waals surface area (Å²) >= 11 is 11.8. The van der Waals surface area contributed by atoms with Crippen molar-refractivity contribution >= 4 is 23.2 Å². The monoisotopic (exact) mass is 274 g/mol. The Morgan fingerprint density at radius 1 is 1.24 bits per heavy atom. The molecule has 0 amide bonds. The average molecular weight is 275 g/mol. The molecule has 1 rings (SSSR count). The molecule has 0 bridgehead atoms. The summed E-state index contributed by atoms with van der Waals surface area (Å²) in [6.45, 7) is 2.29. The molecule has 0 heterocycles. The molecule has 1 N–H and O–H groups in total. The van der Waals surface area contributed by atoms with Gasteiger partial charge in [-0.25, -0.2) is 0 Å². The van der Waals surface area contributed by atoms with E-state index in [2.05, 4.69) is 19.1 Å².